The van der Waals surface area contributed by atoms with Crippen molar-refractivity contribution in [2.75, 3.05) is 20.3 Å². The van der Waals surface area contributed by atoms with Crippen LogP contribution in [0.15, 0.2) is 53.3 Å². The smallest absolute Gasteiger partial charge is 0.266 e. The normalized spacial score (nSPS) is 10.8. The summed E-state index contributed by atoms with van der Waals surface area (Å²) in [6, 6.07) is 13.9. The second-order valence-electron chi connectivity index (χ2n) is 5.41. The van der Waals surface area contributed by atoms with Gasteiger partial charge < -0.3 is 15.0 Å². The number of hydrogen-bond donors (Lipinski definition) is 2. The van der Waals surface area contributed by atoms with Crippen molar-refractivity contribution in [2.24, 2.45) is 0 Å². The van der Waals surface area contributed by atoms with Crippen LogP contribution in [0.4, 0.5) is 0 Å². The number of nitrogens with zero attached hydrogens (tertiary/aromatic N) is 1. The van der Waals surface area contributed by atoms with Crippen LogP contribution in [-0.2, 0) is 4.74 Å². The van der Waals surface area contributed by atoms with Crippen molar-refractivity contribution in [1.82, 2.24) is 14.9 Å². The lowest BCUT2D eigenvalue weighted by atomic mass is 10.2. The van der Waals surface area contributed by atoms with Crippen molar-refractivity contribution >= 4 is 29.0 Å². The maximum absolute atomic E-state index is 12.7. The molecule has 0 aliphatic carbocycles. The summed E-state index contributed by atoms with van der Waals surface area (Å²) in [7, 11) is 1.58. The van der Waals surface area contributed by atoms with Gasteiger partial charge in [-0.2, -0.15) is 0 Å². The Morgan fingerprint density at radius 1 is 1.20 bits per heavy atom. The summed E-state index contributed by atoms with van der Waals surface area (Å²) in [5.74, 6) is -0.195. The van der Waals surface area contributed by atoms with Crippen molar-refractivity contribution in [2.45, 2.75) is 0 Å². The number of hydrogen-bond acceptors (Lipinski definition) is 4. The largest absolute Gasteiger partial charge is 0.383 e. The number of para-hydroxylation sites is 1. The van der Waals surface area contributed by atoms with Crippen molar-refractivity contribution in [3.8, 4) is 5.69 Å². The van der Waals surface area contributed by atoms with Crippen LogP contribution < -0.4 is 10.9 Å². The Hall–Kier alpha value is -2.77. The van der Waals surface area contributed by atoms with Crippen molar-refractivity contribution in [1.29, 1.82) is 0 Å². The van der Waals surface area contributed by atoms with Gasteiger partial charge in [0, 0.05) is 19.2 Å². The minimum absolute atomic E-state index is 0.195. The summed E-state index contributed by atoms with van der Waals surface area (Å²) in [5, 5.41) is 3.30. The van der Waals surface area contributed by atoms with E-state index in [0.717, 1.165) is 0 Å². The number of aromatic amines is 1. The van der Waals surface area contributed by atoms with Gasteiger partial charge in [-0.25, -0.2) is 0 Å². The van der Waals surface area contributed by atoms with Crippen LogP contribution in [-0.4, -0.2) is 35.7 Å². The summed E-state index contributed by atoms with van der Waals surface area (Å²) in [5.41, 5.74) is 1.61. The van der Waals surface area contributed by atoms with Crippen LogP contribution in [0.5, 0.6) is 0 Å². The van der Waals surface area contributed by atoms with Crippen LogP contribution in [0.3, 0.4) is 0 Å². The number of fused-ring (bicyclic) bond motifs is 1. The Bertz CT molecular complexity index is 1020. The standard InChI is InChI=1S/C18H17N3O3S/c1-24-11-10-19-16(22)12-6-8-13(9-7-12)21-17(23)14-4-2-3-5-15(14)20-18(21)25/h2-9H,10-11H2,1H3,(H,19,22)(H,20,25). The lowest BCUT2D eigenvalue weighted by Crippen LogP contribution is -2.27. The maximum Gasteiger partial charge on any atom is 0.266 e. The molecule has 0 spiro atoms. The molecule has 0 fully saturated rings. The van der Waals surface area contributed by atoms with E-state index < -0.39 is 0 Å². The number of benzene rings is 2. The molecule has 1 heterocycles. The van der Waals surface area contributed by atoms with E-state index in [1.165, 1.54) is 4.57 Å². The van der Waals surface area contributed by atoms with Gasteiger partial charge >= 0.3 is 0 Å². The average Bonchev–Trinajstić information content (AvgIpc) is 2.62. The Labute approximate surface area is 149 Å². The van der Waals surface area contributed by atoms with Gasteiger partial charge in [-0.15, -0.1) is 0 Å². The van der Waals surface area contributed by atoms with Gasteiger partial charge in [0.2, 0.25) is 0 Å². The minimum atomic E-state index is -0.198. The van der Waals surface area contributed by atoms with E-state index in [1.54, 1.807) is 43.5 Å². The van der Waals surface area contributed by atoms with Crippen molar-refractivity contribution in [3.05, 3.63) is 69.2 Å². The number of carbonyl (C=O) groups excluding carboxylic acids is 1. The van der Waals surface area contributed by atoms with Crippen LogP contribution >= 0.6 is 12.2 Å². The number of aromatic nitrogens is 2. The molecular weight excluding hydrogens is 338 g/mol. The highest BCUT2D eigenvalue weighted by molar-refractivity contribution is 7.71. The molecule has 1 amide bonds. The number of ether oxygens (including phenoxy) is 1. The zero-order valence-corrected chi connectivity index (χ0v) is 14.4. The predicted molar refractivity (Wildman–Crippen MR) is 98.9 cm³/mol. The Balaban J connectivity index is 1.95. The molecule has 128 valence electrons. The summed E-state index contributed by atoms with van der Waals surface area (Å²) < 4.78 is 6.63. The lowest BCUT2D eigenvalue weighted by molar-refractivity contribution is 0.0937. The highest BCUT2D eigenvalue weighted by Crippen LogP contribution is 2.12. The Morgan fingerprint density at radius 2 is 1.92 bits per heavy atom. The third kappa shape index (κ3) is 3.52. The summed E-state index contributed by atoms with van der Waals surface area (Å²) in [6.45, 7) is 0.887. The third-order valence-electron chi connectivity index (χ3n) is 3.78. The fourth-order valence-corrected chi connectivity index (χ4v) is 2.83. The van der Waals surface area contributed by atoms with E-state index in [4.69, 9.17) is 17.0 Å². The molecule has 3 aromatic rings. The van der Waals surface area contributed by atoms with Gasteiger partial charge in [-0.05, 0) is 48.6 Å². The lowest BCUT2D eigenvalue weighted by Gasteiger charge is -2.09. The zero-order valence-electron chi connectivity index (χ0n) is 13.6. The van der Waals surface area contributed by atoms with E-state index in [9.17, 15) is 9.59 Å². The van der Waals surface area contributed by atoms with Gasteiger partial charge in [0.25, 0.3) is 11.5 Å². The van der Waals surface area contributed by atoms with Gasteiger partial charge in [0.1, 0.15) is 0 Å². The second kappa shape index (κ2) is 7.42. The monoisotopic (exact) mass is 355 g/mol. The molecule has 0 radical (unpaired) electrons. The van der Waals surface area contributed by atoms with E-state index in [0.29, 0.717) is 40.1 Å². The van der Waals surface area contributed by atoms with Gasteiger partial charge in [0.15, 0.2) is 4.77 Å². The minimum Gasteiger partial charge on any atom is -0.383 e. The van der Waals surface area contributed by atoms with Crippen LogP contribution in [0.25, 0.3) is 16.6 Å². The van der Waals surface area contributed by atoms with Crippen molar-refractivity contribution < 1.29 is 9.53 Å². The molecule has 2 aromatic carbocycles. The molecule has 0 bridgehead atoms. The highest BCUT2D eigenvalue weighted by atomic mass is 32.1. The first kappa shape index (κ1) is 17.1. The first-order valence-electron chi connectivity index (χ1n) is 7.73. The predicted octanol–water partition coefficient (Wildman–Crippen LogP) is 2.42. The number of amides is 1. The number of nitrogens with one attached hydrogen (secondary N) is 2. The van der Waals surface area contributed by atoms with Gasteiger partial charge in [-0.1, -0.05) is 12.1 Å². The average molecular weight is 355 g/mol. The number of rotatable bonds is 5. The summed E-state index contributed by atoms with van der Waals surface area (Å²) in [6.07, 6.45) is 0. The fraction of sp³-hybridized carbons (Fsp3) is 0.167. The SMILES string of the molecule is COCCNC(=O)c1ccc(-n2c(=S)[nH]c3ccccc3c2=O)cc1. The quantitative estimate of drug-likeness (QED) is 0.544. The Morgan fingerprint density at radius 3 is 2.64 bits per heavy atom. The van der Waals surface area contributed by atoms with Crippen molar-refractivity contribution in [3.63, 3.8) is 0 Å². The summed E-state index contributed by atoms with van der Waals surface area (Å²) in [4.78, 5) is 27.8. The second-order valence-corrected chi connectivity index (χ2v) is 5.80. The van der Waals surface area contributed by atoms with E-state index in [1.807, 2.05) is 12.1 Å². The molecule has 0 atom stereocenters. The topological polar surface area (TPSA) is 76.1 Å². The molecule has 2 N–H and O–H groups in total. The molecule has 0 aliphatic rings. The van der Waals surface area contributed by atoms with E-state index >= 15 is 0 Å². The molecule has 25 heavy (non-hydrogen) atoms. The van der Waals surface area contributed by atoms with Gasteiger partial charge in [0.05, 0.1) is 23.2 Å². The first-order chi connectivity index (χ1) is 12.1. The van der Waals surface area contributed by atoms with Crippen LogP contribution in [0, 0.1) is 4.77 Å². The molecule has 0 saturated heterocycles. The van der Waals surface area contributed by atoms with Crippen LogP contribution in [0.2, 0.25) is 0 Å². The highest BCUT2D eigenvalue weighted by Gasteiger charge is 2.09. The molecule has 0 saturated carbocycles. The first-order valence-corrected chi connectivity index (χ1v) is 8.14. The molecular formula is C18H17N3O3S. The number of methoxy groups -OCH3 is 1. The molecule has 1 aromatic heterocycles. The third-order valence-corrected chi connectivity index (χ3v) is 4.07. The Kier molecular flexibility index (Phi) is 5.06. The van der Waals surface area contributed by atoms with Gasteiger partial charge in [-0.3, -0.25) is 14.2 Å². The van der Waals surface area contributed by atoms with E-state index in [-0.39, 0.29) is 11.5 Å². The number of H-pyrrole nitrogens is 1. The van der Waals surface area contributed by atoms with Crippen LogP contribution in [0.1, 0.15) is 10.4 Å². The molecule has 0 aliphatic heterocycles. The van der Waals surface area contributed by atoms with E-state index in [2.05, 4.69) is 10.3 Å². The molecule has 6 nitrogen and oxygen atoms in total. The fourth-order valence-electron chi connectivity index (χ4n) is 2.53. The molecule has 7 heteroatoms. The number of carbonyl (C=O) groups is 1. The summed E-state index contributed by atoms with van der Waals surface area (Å²) >= 11 is 5.32. The zero-order chi connectivity index (χ0) is 17.8. The maximum atomic E-state index is 12.7. The molecule has 3 rings (SSSR count). The molecule has 0 unspecified atom stereocenters.